The molecule has 1 aromatic rings. The zero-order valence-electron chi connectivity index (χ0n) is 14.6. The average molecular weight is 321 g/mol. The molecular formula is C16H27N5O2. The van der Waals surface area contributed by atoms with Crippen LogP contribution in [0.5, 0.6) is 0 Å². The Kier molecular flexibility index (Phi) is 4.08. The van der Waals surface area contributed by atoms with Crippen LogP contribution in [0.25, 0.3) is 0 Å². The van der Waals surface area contributed by atoms with Crippen LogP contribution in [0.15, 0.2) is 4.79 Å². The lowest BCUT2D eigenvalue weighted by molar-refractivity contribution is -0.141. The van der Waals surface area contributed by atoms with Gasteiger partial charge in [0.25, 0.3) is 0 Å². The van der Waals surface area contributed by atoms with Gasteiger partial charge in [0.1, 0.15) is 5.82 Å². The number of carbonyl (C=O) groups is 1. The first-order chi connectivity index (χ1) is 10.8. The van der Waals surface area contributed by atoms with Crippen molar-refractivity contribution in [1.29, 1.82) is 0 Å². The fraction of sp³-hybridized carbons (Fsp3) is 0.812. The molecule has 1 aromatic heterocycles. The summed E-state index contributed by atoms with van der Waals surface area (Å²) < 4.78 is 3.03. The molecule has 1 unspecified atom stereocenters. The van der Waals surface area contributed by atoms with Gasteiger partial charge in [0.05, 0.1) is 5.92 Å². The van der Waals surface area contributed by atoms with Gasteiger partial charge in [-0.3, -0.25) is 14.3 Å². The second kappa shape index (κ2) is 5.78. The number of hydrogen-bond acceptors (Lipinski definition) is 4. The maximum Gasteiger partial charge on any atom is 0.345 e. The van der Waals surface area contributed by atoms with E-state index in [-0.39, 0.29) is 23.1 Å². The van der Waals surface area contributed by atoms with E-state index in [9.17, 15) is 9.59 Å². The zero-order valence-corrected chi connectivity index (χ0v) is 14.6. The predicted octanol–water partition coefficient (Wildman–Crippen LogP) is 0.0869. The summed E-state index contributed by atoms with van der Waals surface area (Å²) in [5.41, 5.74) is -0.109. The van der Waals surface area contributed by atoms with E-state index in [4.69, 9.17) is 0 Å². The van der Waals surface area contributed by atoms with E-state index in [2.05, 4.69) is 30.8 Å². The van der Waals surface area contributed by atoms with E-state index < -0.39 is 0 Å². The van der Waals surface area contributed by atoms with E-state index >= 15 is 0 Å². The topological polar surface area (TPSA) is 63.4 Å². The zero-order chi connectivity index (χ0) is 16.8. The second-order valence-corrected chi connectivity index (χ2v) is 7.32. The van der Waals surface area contributed by atoms with Gasteiger partial charge >= 0.3 is 5.69 Å². The number of aromatic nitrogens is 3. The van der Waals surface area contributed by atoms with E-state index in [1.54, 1.807) is 11.6 Å². The van der Waals surface area contributed by atoms with Crippen LogP contribution < -0.4 is 5.69 Å². The Morgan fingerprint density at radius 2 is 2.09 bits per heavy atom. The number of fused-ring (bicyclic) bond motifs is 1. The van der Waals surface area contributed by atoms with Crippen molar-refractivity contribution in [1.82, 2.24) is 24.1 Å². The number of hydrogen-bond donors (Lipinski definition) is 0. The van der Waals surface area contributed by atoms with Crippen LogP contribution in [0, 0.1) is 5.92 Å². The largest absolute Gasteiger partial charge is 0.345 e. The summed E-state index contributed by atoms with van der Waals surface area (Å²) in [7, 11) is 1.66. The molecule has 0 spiro atoms. The smallest absolute Gasteiger partial charge is 0.339 e. The number of likely N-dealkylation sites (N-methyl/N-ethyl adjacent to an activating group) is 1. The molecule has 1 fully saturated rings. The summed E-state index contributed by atoms with van der Waals surface area (Å²) in [6, 6.07) is 0. The summed E-state index contributed by atoms with van der Waals surface area (Å²) in [5.74, 6) is 0.890. The normalized spacial score (nSPS) is 24.5. The van der Waals surface area contributed by atoms with Crippen molar-refractivity contribution < 1.29 is 4.79 Å². The van der Waals surface area contributed by atoms with Crippen molar-refractivity contribution >= 4 is 5.91 Å². The Balaban J connectivity index is 1.72. The molecule has 3 heterocycles. The Bertz CT molecular complexity index is 660. The number of nitrogens with zero attached hydrogens (tertiary/aromatic N) is 5. The second-order valence-electron chi connectivity index (χ2n) is 7.32. The molecule has 128 valence electrons. The molecule has 7 heteroatoms. The first-order valence-electron chi connectivity index (χ1n) is 8.50. The minimum Gasteiger partial charge on any atom is -0.339 e. The van der Waals surface area contributed by atoms with Crippen molar-refractivity contribution in [2.45, 2.75) is 45.7 Å². The highest BCUT2D eigenvalue weighted by molar-refractivity contribution is 5.79. The number of aryl methyl sites for hydroxylation is 2. The highest BCUT2D eigenvalue weighted by Gasteiger charge is 2.38. The van der Waals surface area contributed by atoms with Crippen molar-refractivity contribution in [3.63, 3.8) is 0 Å². The van der Waals surface area contributed by atoms with Crippen LogP contribution in [-0.4, -0.2) is 61.8 Å². The van der Waals surface area contributed by atoms with Crippen LogP contribution >= 0.6 is 0 Å². The predicted molar refractivity (Wildman–Crippen MR) is 87.2 cm³/mol. The molecular weight excluding hydrogens is 294 g/mol. The monoisotopic (exact) mass is 321 g/mol. The Morgan fingerprint density at radius 1 is 1.35 bits per heavy atom. The molecule has 1 amide bonds. The molecule has 7 nitrogen and oxygen atoms in total. The summed E-state index contributed by atoms with van der Waals surface area (Å²) >= 11 is 0. The molecule has 0 N–H and O–H groups in total. The maximum absolute atomic E-state index is 12.9. The van der Waals surface area contributed by atoms with Gasteiger partial charge in [-0.25, -0.2) is 9.48 Å². The average Bonchev–Trinajstić information content (AvgIpc) is 2.80. The van der Waals surface area contributed by atoms with Gasteiger partial charge in [-0.1, -0.05) is 6.92 Å². The summed E-state index contributed by atoms with van der Waals surface area (Å²) in [5, 5.41) is 4.24. The van der Waals surface area contributed by atoms with E-state index in [1.165, 1.54) is 4.68 Å². The maximum atomic E-state index is 12.9. The van der Waals surface area contributed by atoms with Gasteiger partial charge < -0.3 is 4.90 Å². The van der Waals surface area contributed by atoms with E-state index in [0.717, 1.165) is 38.4 Å². The molecule has 2 aliphatic heterocycles. The number of rotatable bonds is 2. The number of piperazine rings is 1. The van der Waals surface area contributed by atoms with Crippen LogP contribution in [-0.2, 0) is 24.8 Å². The first kappa shape index (κ1) is 16.2. The van der Waals surface area contributed by atoms with Crippen LogP contribution in [0.2, 0.25) is 0 Å². The minimum absolute atomic E-state index is 0.00757. The van der Waals surface area contributed by atoms with Crippen molar-refractivity contribution in [3.05, 3.63) is 16.3 Å². The number of amides is 1. The molecule has 3 rings (SSSR count). The lowest BCUT2D eigenvalue weighted by Crippen LogP contribution is -2.61. The standard InChI is InChI=1S/C16H27N5O2/c1-5-20-9-8-19(11-16(20,2)3)14(22)12-6-7-13-17-18(4)15(23)21(13)10-12/h12H,5-11H2,1-4H3. The molecule has 0 radical (unpaired) electrons. The highest BCUT2D eigenvalue weighted by atomic mass is 16.2. The van der Waals surface area contributed by atoms with Gasteiger partial charge in [0.2, 0.25) is 5.91 Å². The molecule has 23 heavy (non-hydrogen) atoms. The van der Waals surface area contributed by atoms with Gasteiger partial charge in [-0.15, -0.1) is 0 Å². The van der Waals surface area contributed by atoms with Crippen LogP contribution in [0.4, 0.5) is 0 Å². The summed E-state index contributed by atoms with van der Waals surface area (Å²) in [4.78, 5) is 29.4. The van der Waals surface area contributed by atoms with Crippen molar-refractivity contribution in [2.75, 3.05) is 26.2 Å². The van der Waals surface area contributed by atoms with Gasteiger partial charge in [0.15, 0.2) is 0 Å². The van der Waals surface area contributed by atoms with E-state index in [0.29, 0.717) is 13.0 Å². The third kappa shape index (κ3) is 2.82. The Labute approximate surface area is 136 Å². The van der Waals surface area contributed by atoms with Gasteiger partial charge in [0, 0.05) is 45.2 Å². The molecule has 1 atom stereocenters. The lowest BCUT2D eigenvalue weighted by Gasteiger charge is -2.47. The Hall–Kier alpha value is -1.63. The quantitative estimate of drug-likeness (QED) is 0.774. The SMILES string of the molecule is CCN1CCN(C(=O)C2CCc3nn(C)c(=O)n3C2)CC1(C)C. The molecule has 0 saturated carbocycles. The summed E-state index contributed by atoms with van der Waals surface area (Å²) in [6.45, 7) is 10.5. The van der Waals surface area contributed by atoms with Crippen molar-refractivity contribution in [3.8, 4) is 0 Å². The Morgan fingerprint density at radius 3 is 2.74 bits per heavy atom. The van der Waals surface area contributed by atoms with E-state index in [1.807, 2.05) is 4.90 Å². The van der Waals surface area contributed by atoms with Gasteiger partial charge in [-0.2, -0.15) is 5.10 Å². The third-order valence-electron chi connectivity index (χ3n) is 5.32. The molecule has 1 saturated heterocycles. The molecule has 0 aromatic carbocycles. The third-order valence-corrected chi connectivity index (χ3v) is 5.32. The minimum atomic E-state index is -0.117. The van der Waals surface area contributed by atoms with Crippen LogP contribution in [0.3, 0.4) is 0 Å². The fourth-order valence-electron chi connectivity index (χ4n) is 3.96. The fourth-order valence-corrected chi connectivity index (χ4v) is 3.96. The molecule has 2 aliphatic rings. The number of carbonyl (C=O) groups excluding carboxylic acids is 1. The van der Waals surface area contributed by atoms with Crippen LogP contribution in [0.1, 0.15) is 33.0 Å². The molecule has 0 aliphatic carbocycles. The first-order valence-corrected chi connectivity index (χ1v) is 8.50. The summed E-state index contributed by atoms with van der Waals surface area (Å²) in [6.07, 6.45) is 1.48. The highest BCUT2D eigenvalue weighted by Crippen LogP contribution is 2.25. The van der Waals surface area contributed by atoms with Crippen molar-refractivity contribution in [2.24, 2.45) is 13.0 Å². The molecule has 0 bridgehead atoms. The lowest BCUT2D eigenvalue weighted by atomic mass is 9.94. The van der Waals surface area contributed by atoms with Gasteiger partial charge in [-0.05, 0) is 26.8 Å².